The second kappa shape index (κ2) is 5.01. The maximum atomic E-state index is 10.3. The van der Waals surface area contributed by atoms with E-state index in [-0.39, 0.29) is 0 Å². The van der Waals surface area contributed by atoms with Gasteiger partial charge in [0.2, 0.25) is 0 Å². The van der Waals surface area contributed by atoms with Crippen molar-refractivity contribution in [2.24, 2.45) is 0 Å². The van der Waals surface area contributed by atoms with Gasteiger partial charge in [-0.3, -0.25) is 0 Å². The summed E-state index contributed by atoms with van der Waals surface area (Å²) >= 11 is 0. The molecule has 1 aromatic carbocycles. The van der Waals surface area contributed by atoms with Crippen LogP contribution in [-0.2, 0) is 11.2 Å². The number of fused-ring (bicyclic) bond motifs is 1. The van der Waals surface area contributed by atoms with Gasteiger partial charge < -0.3 is 14.3 Å². The van der Waals surface area contributed by atoms with E-state index in [0.29, 0.717) is 19.6 Å². The van der Waals surface area contributed by atoms with Crippen LogP contribution in [0.15, 0.2) is 12.1 Å². The Balaban J connectivity index is 2.15. The van der Waals surface area contributed by atoms with Gasteiger partial charge in [-0.25, -0.2) is 0 Å². The van der Waals surface area contributed by atoms with E-state index in [0.717, 1.165) is 30.6 Å². The average molecular weight is 220 g/mol. The Kier molecular flexibility index (Phi) is 3.44. The standard InChI is InChI=1S/C13H16O3/c1-10-8-12-13(16-7-6-15-12)9-11(10)4-2-3-5-14/h5,8-9H,2-4,6-7H2,1H3. The molecule has 16 heavy (non-hydrogen) atoms. The molecule has 2 rings (SSSR count). The molecule has 3 nitrogen and oxygen atoms in total. The number of hydrogen-bond donors (Lipinski definition) is 0. The quantitative estimate of drug-likeness (QED) is 0.577. The van der Waals surface area contributed by atoms with E-state index in [1.807, 2.05) is 12.1 Å². The second-order valence-electron chi connectivity index (χ2n) is 3.98. The fourth-order valence-electron chi connectivity index (χ4n) is 1.88. The van der Waals surface area contributed by atoms with Crippen molar-refractivity contribution in [3.8, 4) is 11.5 Å². The van der Waals surface area contributed by atoms with Crippen LogP contribution in [0.25, 0.3) is 0 Å². The van der Waals surface area contributed by atoms with Crippen molar-refractivity contribution in [3.05, 3.63) is 23.3 Å². The lowest BCUT2D eigenvalue weighted by atomic mass is 10.0. The number of benzene rings is 1. The molecule has 0 aliphatic carbocycles. The highest BCUT2D eigenvalue weighted by atomic mass is 16.6. The predicted molar refractivity (Wildman–Crippen MR) is 61.2 cm³/mol. The van der Waals surface area contributed by atoms with Crippen LogP contribution in [-0.4, -0.2) is 19.5 Å². The van der Waals surface area contributed by atoms with Crippen LogP contribution in [0.4, 0.5) is 0 Å². The Bertz CT molecular complexity index is 385. The van der Waals surface area contributed by atoms with Crippen molar-refractivity contribution >= 4 is 6.29 Å². The van der Waals surface area contributed by atoms with Crippen LogP contribution in [0.5, 0.6) is 11.5 Å². The van der Waals surface area contributed by atoms with Gasteiger partial charge in [-0.15, -0.1) is 0 Å². The summed E-state index contributed by atoms with van der Waals surface area (Å²) in [5.41, 5.74) is 2.45. The summed E-state index contributed by atoms with van der Waals surface area (Å²) in [5.74, 6) is 1.67. The molecular weight excluding hydrogens is 204 g/mol. The van der Waals surface area contributed by atoms with Gasteiger partial charge in [0, 0.05) is 6.42 Å². The average Bonchev–Trinajstić information content (AvgIpc) is 2.30. The molecule has 0 amide bonds. The molecule has 0 N–H and O–H groups in total. The van der Waals surface area contributed by atoms with Crippen molar-refractivity contribution in [1.82, 2.24) is 0 Å². The maximum Gasteiger partial charge on any atom is 0.161 e. The normalized spacial score (nSPS) is 13.6. The van der Waals surface area contributed by atoms with Crippen molar-refractivity contribution in [1.29, 1.82) is 0 Å². The van der Waals surface area contributed by atoms with Crippen LogP contribution in [0, 0.1) is 6.92 Å². The zero-order valence-corrected chi connectivity index (χ0v) is 9.49. The number of aldehydes is 1. The molecule has 0 unspecified atom stereocenters. The fraction of sp³-hybridized carbons (Fsp3) is 0.462. The molecule has 0 radical (unpaired) electrons. The smallest absolute Gasteiger partial charge is 0.161 e. The summed E-state index contributed by atoms with van der Waals surface area (Å²) in [4.78, 5) is 10.3. The molecule has 0 saturated carbocycles. The molecule has 1 aliphatic heterocycles. The van der Waals surface area contributed by atoms with Crippen LogP contribution < -0.4 is 9.47 Å². The van der Waals surface area contributed by atoms with Crippen molar-refractivity contribution < 1.29 is 14.3 Å². The molecule has 3 heteroatoms. The van der Waals surface area contributed by atoms with Gasteiger partial charge in [-0.1, -0.05) is 0 Å². The summed E-state index contributed by atoms with van der Waals surface area (Å²) in [6.45, 7) is 3.30. The fourth-order valence-corrected chi connectivity index (χ4v) is 1.88. The minimum atomic E-state index is 0.615. The SMILES string of the molecule is Cc1cc2c(cc1CCCC=O)OCCO2. The number of carbonyl (C=O) groups excluding carboxylic acids is 1. The lowest BCUT2D eigenvalue weighted by molar-refractivity contribution is -0.107. The predicted octanol–water partition coefficient (Wildman–Crippen LogP) is 2.29. The third-order valence-corrected chi connectivity index (χ3v) is 2.77. The highest BCUT2D eigenvalue weighted by Gasteiger charge is 2.13. The Morgan fingerprint density at radius 3 is 2.62 bits per heavy atom. The second-order valence-corrected chi connectivity index (χ2v) is 3.98. The number of rotatable bonds is 4. The van der Waals surface area contributed by atoms with Crippen molar-refractivity contribution in [3.63, 3.8) is 0 Å². The topological polar surface area (TPSA) is 35.5 Å². The largest absolute Gasteiger partial charge is 0.486 e. The monoisotopic (exact) mass is 220 g/mol. The van der Waals surface area contributed by atoms with Crippen molar-refractivity contribution in [2.45, 2.75) is 26.2 Å². The van der Waals surface area contributed by atoms with Gasteiger partial charge >= 0.3 is 0 Å². The molecule has 1 heterocycles. The van der Waals surface area contributed by atoms with Gasteiger partial charge in [0.05, 0.1) is 0 Å². The Morgan fingerprint density at radius 2 is 1.94 bits per heavy atom. The molecule has 86 valence electrons. The summed E-state index contributed by atoms with van der Waals surface area (Å²) < 4.78 is 11.0. The first-order chi connectivity index (χ1) is 7.81. The molecule has 0 atom stereocenters. The van der Waals surface area contributed by atoms with Crippen LogP contribution in [0.3, 0.4) is 0 Å². The van der Waals surface area contributed by atoms with Crippen LogP contribution in [0.1, 0.15) is 24.0 Å². The van der Waals surface area contributed by atoms with Crippen LogP contribution >= 0.6 is 0 Å². The Morgan fingerprint density at radius 1 is 1.25 bits per heavy atom. The van der Waals surface area contributed by atoms with Gasteiger partial charge in [-0.05, 0) is 43.0 Å². The molecule has 0 saturated heterocycles. The van der Waals surface area contributed by atoms with Crippen LogP contribution in [0.2, 0.25) is 0 Å². The lowest BCUT2D eigenvalue weighted by Gasteiger charge is -2.20. The first-order valence-electron chi connectivity index (χ1n) is 5.64. The number of carbonyl (C=O) groups is 1. The number of hydrogen-bond acceptors (Lipinski definition) is 3. The molecule has 0 spiro atoms. The lowest BCUT2D eigenvalue weighted by Crippen LogP contribution is -2.15. The van der Waals surface area contributed by atoms with E-state index in [4.69, 9.17) is 9.47 Å². The molecular formula is C13H16O3. The third kappa shape index (κ3) is 2.35. The highest BCUT2D eigenvalue weighted by Crippen LogP contribution is 2.33. The van der Waals surface area contributed by atoms with E-state index in [2.05, 4.69) is 6.92 Å². The van der Waals surface area contributed by atoms with E-state index >= 15 is 0 Å². The molecule has 1 aromatic rings. The zero-order valence-electron chi connectivity index (χ0n) is 9.49. The molecule has 1 aliphatic rings. The summed E-state index contributed by atoms with van der Waals surface area (Å²) in [5, 5.41) is 0. The third-order valence-electron chi connectivity index (χ3n) is 2.77. The van der Waals surface area contributed by atoms with Crippen molar-refractivity contribution in [2.75, 3.05) is 13.2 Å². The first kappa shape index (κ1) is 11.0. The van der Waals surface area contributed by atoms with Gasteiger partial charge in [0.25, 0.3) is 0 Å². The molecule has 0 bridgehead atoms. The van der Waals surface area contributed by atoms with E-state index in [9.17, 15) is 4.79 Å². The number of aryl methyl sites for hydroxylation is 2. The minimum absolute atomic E-state index is 0.615. The van der Waals surface area contributed by atoms with E-state index < -0.39 is 0 Å². The van der Waals surface area contributed by atoms with E-state index in [1.165, 1.54) is 11.1 Å². The number of ether oxygens (including phenoxy) is 2. The maximum absolute atomic E-state index is 10.3. The molecule has 0 fully saturated rings. The van der Waals surface area contributed by atoms with Gasteiger partial charge in [0.1, 0.15) is 19.5 Å². The zero-order chi connectivity index (χ0) is 11.4. The summed E-state index contributed by atoms with van der Waals surface area (Å²) in [6, 6.07) is 4.05. The summed E-state index contributed by atoms with van der Waals surface area (Å²) in [6.07, 6.45) is 3.40. The highest BCUT2D eigenvalue weighted by molar-refractivity contribution is 5.50. The molecule has 0 aromatic heterocycles. The van der Waals surface area contributed by atoms with Gasteiger partial charge in [0.15, 0.2) is 11.5 Å². The van der Waals surface area contributed by atoms with Gasteiger partial charge in [-0.2, -0.15) is 0 Å². The first-order valence-corrected chi connectivity index (χ1v) is 5.64. The van der Waals surface area contributed by atoms with E-state index in [1.54, 1.807) is 0 Å². The minimum Gasteiger partial charge on any atom is -0.486 e. The summed E-state index contributed by atoms with van der Waals surface area (Å²) in [7, 11) is 0. The number of unbranched alkanes of at least 4 members (excludes halogenated alkanes) is 1. The Hall–Kier alpha value is -1.51. The Labute approximate surface area is 95.4 Å².